The molecule has 0 aliphatic rings. The van der Waals surface area contributed by atoms with E-state index in [1.807, 2.05) is 0 Å². The lowest BCUT2D eigenvalue weighted by Gasteiger charge is -2.08. The molecule has 0 spiro atoms. The molecular weight excluding hydrogens is 319 g/mol. The highest BCUT2D eigenvalue weighted by atomic mass is 79.9. The summed E-state index contributed by atoms with van der Waals surface area (Å²) in [6.07, 6.45) is 0.292. The molecule has 0 aliphatic carbocycles. The van der Waals surface area contributed by atoms with Crippen LogP contribution in [0.1, 0.15) is 39.6 Å². The minimum atomic E-state index is -0.379. The number of Topliss-reactive ketones (excluding diaryl/α,β-unsaturated/α-hetero) is 1. The van der Waals surface area contributed by atoms with Gasteiger partial charge in [0.25, 0.3) is 0 Å². The lowest BCUT2D eigenvalue weighted by molar-refractivity contribution is 0.0526. The first-order valence-corrected chi connectivity index (χ1v) is 7.24. The minimum absolute atomic E-state index is 0.0186. The van der Waals surface area contributed by atoms with Gasteiger partial charge in [0.15, 0.2) is 5.78 Å². The zero-order chi connectivity index (χ0) is 13.5. The molecule has 0 N–H and O–H groups in total. The minimum Gasteiger partial charge on any atom is -0.462 e. The Bertz CT molecular complexity index is 446. The van der Waals surface area contributed by atoms with E-state index in [4.69, 9.17) is 16.3 Å². The summed E-state index contributed by atoms with van der Waals surface area (Å²) in [5, 5.41) is 0.504. The molecule has 98 valence electrons. The fraction of sp³-hybridized carbons (Fsp3) is 0.385. The SMILES string of the molecule is CCOC(=O)c1ccc(C(=O)CCCl)c(CBr)c1. The van der Waals surface area contributed by atoms with Crippen LogP contribution >= 0.6 is 27.5 Å². The smallest absolute Gasteiger partial charge is 0.338 e. The second-order valence-corrected chi connectivity index (χ2v) is 4.53. The van der Waals surface area contributed by atoms with E-state index >= 15 is 0 Å². The largest absolute Gasteiger partial charge is 0.462 e. The monoisotopic (exact) mass is 332 g/mol. The summed E-state index contributed by atoms with van der Waals surface area (Å²) in [6, 6.07) is 4.93. The van der Waals surface area contributed by atoms with Crippen LogP contribution in [0.25, 0.3) is 0 Å². The third-order valence-electron chi connectivity index (χ3n) is 2.38. The van der Waals surface area contributed by atoms with Crippen LogP contribution in [-0.4, -0.2) is 24.2 Å². The van der Waals surface area contributed by atoms with Crippen molar-refractivity contribution in [2.45, 2.75) is 18.7 Å². The predicted molar refractivity (Wildman–Crippen MR) is 74.7 cm³/mol. The number of alkyl halides is 2. The number of hydrogen-bond acceptors (Lipinski definition) is 3. The van der Waals surface area contributed by atoms with Gasteiger partial charge in [0, 0.05) is 23.2 Å². The first-order valence-electron chi connectivity index (χ1n) is 5.59. The number of carbonyl (C=O) groups excluding carboxylic acids is 2. The van der Waals surface area contributed by atoms with Crippen molar-refractivity contribution in [2.75, 3.05) is 12.5 Å². The molecule has 0 aliphatic heterocycles. The average molecular weight is 334 g/mol. The molecular formula is C13H14BrClO3. The van der Waals surface area contributed by atoms with E-state index < -0.39 is 0 Å². The average Bonchev–Trinajstić information content (AvgIpc) is 2.38. The van der Waals surface area contributed by atoms with Gasteiger partial charge in [-0.2, -0.15) is 0 Å². The van der Waals surface area contributed by atoms with Gasteiger partial charge in [0.2, 0.25) is 0 Å². The van der Waals surface area contributed by atoms with Crippen LogP contribution in [0.15, 0.2) is 18.2 Å². The number of esters is 1. The topological polar surface area (TPSA) is 43.4 Å². The highest BCUT2D eigenvalue weighted by Gasteiger charge is 2.14. The van der Waals surface area contributed by atoms with Crippen molar-refractivity contribution in [1.29, 1.82) is 0 Å². The number of rotatable bonds is 6. The van der Waals surface area contributed by atoms with Crippen molar-refractivity contribution in [3.8, 4) is 0 Å². The van der Waals surface area contributed by atoms with E-state index in [9.17, 15) is 9.59 Å². The molecule has 1 rings (SSSR count). The van der Waals surface area contributed by atoms with Crippen LogP contribution in [0.2, 0.25) is 0 Å². The van der Waals surface area contributed by atoms with Gasteiger partial charge in [0.05, 0.1) is 12.2 Å². The Balaban J connectivity index is 3.03. The lowest BCUT2D eigenvalue weighted by Crippen LogP contribution is -2.08. The summed E-state index contributed by atoms with van der Waals surface area (Å²) in [6.45, 7) is 2.08. The Labute approximate surface area is 120 Å². The molecule has 0 fully saturated rings. The van der Waals surface area contributed by atoms with Crippen molar-refractivity contribution in [3.63, 3.8) is 0 Å². The fourth-order valence-electron chi connectivity index (χ4n) is 1.54. The van der Waals surface area contributed by atoms with Gasteiger partial charge in [-0.3, -0.25) is 4.79 Å². The maximum Gasteiger partial charge on any atom is 0.338 e. The summed E-state index contributed by atoms with van der Waals surface area (Å²) < 4.78 is 4.91. The molecule has 0 saturated heterocycles. The summed E-state index contributed by atoms with van der Waals surface area (Å²) in [5.74, 6) is -0.105. The molecule has 5 heteroatoms. The molecule has 18 heavy (non-hydrogen) atoms. The van der Waals surface area contributed by atoms with E-state index in [0.29, 0.717) is 35.4 Å². The van der Waals surface area contributed by atoms with E-state index in [1.54, 1.807) is 25.1 Å². The molecule has 0 bridgehead atoms. The Kier molecular flexibility index (Phi) is 6.36. The van der Waals surface area contributed by atoms with Crippen LogP contribution in [0.3, 0.4) is 0 Å². The number of halogens is 2. The van der Waals surface area contributed by atoms with Crippen molar-refractivity contribution >= 4 is 39.3 Å². The number of carbonyl (C=O) groups is 2. The molecule has 0 atom stereocenters. The first kappa shape index (κ1) is 15.2. The Morgan fingerprint density at radius 2 is 2.11 bits per heavy atom. The maximum atomic E-state index is 11.8. The normalized spacial score (nSPS) is 10.2. The van der Waals surface area contributed by atoms with Crippen LogP contribution < -0.4 is 0 Å². The molecule has 0 aromatic heterocycles. The van der Waals surface area contributed by atoms with Gasteiger partial charge in [-0.05, 0) is 24.6 Å². The second kappa shape index (κ2) is 7.54. The van der Waals surface area contributed by atoms with E-state index in [0.717, 1.165) is 5.56 Å². The number of ketones is 1. The molecule has 1 aromatic rings. The Morgan fingerprint density at radius 1 is 1.39 bits per heavy atom. The van der Waals surface area contributed by atoms with Gasteiger partial charge >= 0.3 is 5.97 Å². The second-order valence-electron chi connectivity index (χ2n) is 3.59. The van der Waals surface area contributed by atoms with Crippen LogP contribution in [0.5, 0.6) is 0 Å². The summed E-state index contributed by atoms with van der Waals surface area (Å²) >= 11 is 8.87. The van der Waals surface area contributed by atoms with Crippen molar-refractivity contribution in [2.24, 2.45) is 0 Å². The first-order chi connectivity index (χ1) is 8.63. The highest BCUT2D eigenvalue weighted by molar-refractivity contribution is 9.08. The molecule has 1 aromatic carbocycles. The molecule has 0 heterocycles. The zero-order valence-corrected chi connectivity index (χ0v) is 12.4. The highest BCUT2D eigenvalue weighted by Crippen LogP contribution is 2.18. The standard InChI is InChI=1S/C13H14BrClO3/c1-2-18-13(17)9-3-4-11(10(7-9)8-14)12(16)5-6-15/h3-4,7H,2,5-6,8H2,1H3. The molecule has 0 amide bonds. The van der Waals surface area contributed by atoms with E-state index in [2.05, 4.69) is 15.9 Å². The van der Waals surface area contributed by atoms with E-state index in [-0.39, 0.29) is 11.8 Å². The van der Waals surface area contributed by atoms with Gasteiger partial charge in [-0.25, -0.2) is 4.79 Å². The van der Waals surface area contributed by atoms with Gasteiger partial charge in [0.1, 0.15) is 0 Å². The molecule has 0 unspecified atom stereocenters. The predicted octanol–water partition coefficient (Wildman–Crippen LogP) is 3.57. The van der Waals surface area contributed by atoms with Gasteiger partial charge < -0.3 is 4.74 Å². The Morgan fingerprint density at radius 3 is 2.67 bits per heavy atom. The molecule has 0 radical (unpaired) electrons. The van der Waals surface area contributed by atoms with Crippen molar-refractivity contribution in [3.05, 3.63) is 34.9 Å². The van der Waals surface area contributed by atoms with E-state index in [1.165, 1.54) is 0 Å². The zero-order valence-electron chi connectivity index (χ0n) is 10.0. The third kappa shape index (κ3) is 3.82. The van der Waals surface area contributed by atoms with Crippen molar-refractivity contribution in [1.82, 2.24) is 0 Å². The maximum absolute atomic E-state index is 11.8. The quantitative estimate of drug-likeness (QED) is 0.454. The summed E-state index contributed by atoms with van der Waals surface area (Å²) in [5.41, 5.74) is 1.82. The molecule has 3 nitrogen and oxygen atoms in total. The molecule has 0 saturated carbocycles. The third-order valence-corrected chi connectivity index (χ3v) is 3.18. The number of ether oxygens (including phenoxy) is 1. The van der Waals surface area contributed by atoms with Crippen LogP contribution in [0.4, 0.5) is 0 Å². The van der Waals surface area contributed by atoms with Crippen molar-refractivity contribution < 1.29 is 14.3 Å². The van der Waals surface area contributed by atoms with Gasteiger partial charge in [-0.15, -0.1) is 11.6 Å². The summed E-state index contributed by atoms with van der Waals surface area (Å²) in [7, 11) is 0. The lowest BCUT2D eigenvalue weighted by atomic mass is 10.0. The number of benzene rings is 1. The van der Waals surface area contributed by atoms with Crippen LogP contribution in [-0.2, 0) is 10.1 Å². The fourth-order valence-corrected chi connectivity index (χ4v) is 2.17. The van der Waals surface area contributed by atoms with Gasteiger partial charge in [-0.1, -0.05) is 22.0 Å². The Hall–Kier alpha value is -0.870. The number of hydrogen-bond donors (Lipinski definition) is 0. The van der Waals surface area contributed by atoms with Crippen LogP contribution in [0, 0.1) is 0 Å². The summed E-state index contributed by atoms with van der Waals surface area (Å²) in [4.78, 5) is 23.4.